The Morgan fingerprint density at radius 2 is 1.33 bits per heavy atom. The molecule has 0 radical (unpaired) electrons. The second kappa shape index (κ2) is 17.5. The minimum absolute atomic E-state index is 0.297. The summed E-state index contributed by atoms with van der Waals surface area (Å²) in [6.07, 6.45) is 20.0. The van der Waals surface area contributed by atoms with Gasteiger partial charge in [-0.25, -0.2) is 0 Å². The fraction of sp³-hybridized carbons (Fsp3) is 0.656. The van der Waals surface area contributed by atoms with E-state index in [9.17, 15) is 0 Å². The smallest absolute Gasteiger partial charge is 0.185 e. The minimum Gasteiger partial charge on any atom is -0.494 e. The van der Waals surface area contributed by atoms with Crippen LogP contribution >= 0.6 is 0 Å². The molecule has 1 aliphatic heterocycles. The standard InChI is InChI=1S/C32H49NO3/c1-3-5-7-9-10-11-12-14-16-27-25-35-32(36-26-27)29-19-22-31(33-24-29)28-17-20-30(21-18-28)34-23-15-13-8-6-4-2/h17-22,24,27,32H,3-16,23,25-26H2,1-2H3. The molecular weight excluding hydrogens is 446 g/mol. The molecule has 1 aromatic carbocycles. The van der Waals surface area contributed by atoms with E-state index >= 15 is 0 Å². The highest BCUT2D eigenvalue weighted by Gasteiger charge is 2.23. The molecule has 0 N–H and O–H groups in total. The van der Waals surface area contributed by atoms with Crippen LogP contribution in [-0.2, 0) is 9.47 Å². The van der Waals surface area contributed by atoms with Gasteiger partial charge in [-0.15, -0.1) is 0 Å². The molecular formula is C32H49NO3. The van der Waals surface area contributed by atoms with Gasteiger partial charge < -0.3 is 14.2 Å². The molecule has 3 rings (SSSR count). The zero-order valence-electron chi connectivity index (χ0n) is 22.9. The minimum atomic E-state index is -0.297. The van der Waals surface area contributed by atoms with Gasteiger partial charge >= 0.3 is 0 Å². The van der Waals surface area contributed by atoms with E-state index < -0.39 is 0 Å². The Bertz CT molecular complexity index is 797. The first kappa shape index (κ1) is 28.7. The molecule has 1 saturated heterocycles. The second-order valence-corrected chi connectivity index (χ2v) is 10.4. The Morgan fingerprint density at radius 3 is 1.94 bits per heavy atom. The first-order chi connectivity index (χ1) is 17.8. The molecule has 0 aliphatic carbocycles. The second-order valence-electron chi connectivity index (χ2n) is 10.4. The average Bonchev–Trinajstić information content (AvgIpc) is 2.93. The summed E-state index contributed by atoms with van der Waals surface area (Å²) < 4.78 is 18.0. The van der Waals surface area contributed by atoms with Crippen molar-refractivity contribution in [3.63, 3.8) is 0 Å². The number of hydrogen-bond donors (Lipinski definition) is 0. The number of hydrogen-bond acceptors (Lipinski definition) is 4. The average molecular weight is 496 g/mol. The molecule has 0 unspecified atom stereocenters. The predicted octanol–water partition coefficient (Wildman–Crippen LogP) is 9.29. The van der Waals surface area contributed by atoms with E-state index in [1.54, 1.807) is 0 Å². The lowest BCUT2D eigenvalue weighted by molar-refractivity contribution is -0.206. The molecule has 2 heterocycles. The van der Waals surface area contributed by atoms with E-state index in [1.807, 2.05) is 18.3 Å². The van der Waals surface area contributed by atoms with Gasteiger partial charge in [-0.3, -0.25) is 4.98 Å². The van der Waals surface area contributed by atoms with Crippen LogP contribution < -0.4 is 4.74 Å². The normalized spacial score (nSPS) is 17.8. The Balaban J connectivity index is 1.32. The maximum atomic E-state index is 6.05. The highest BCUT2D eigenvalue weighted by molar-refractivity contribution is 5.60. The van der Waals surface area contributed by atoms with Crippen molar-refractivity contribution < 1.29 is 14.2 Å². The monoisotopic (exact) mass is 495 g/mol. The van der Waals surface area contributed by atoms with Gasteiger partial charge in [0.1, 0.15) is 5.75 Å². The van der Waals surface area contributed by atoms with Gasteiger partial charge in [0, 0.05) is 23.2 Å². The van der Waals surface area contributed by atoms with Crippen molar-refractivity contribution in [2.75, 3.05) is 19.8 Å². The van der Waals surface area contributed by atoms with Gasteiger partial charge in [-0.05, 0) is 43.2 Å². The summed E-state index contributed by atoms with van der Waals surface area (Å²) in [5.41, 5.74) is 3.04. The van der Waals surface area contributed by atoms with Gasteiger partial charge in [-0.1, -0.05) is 97.0 Å². The van der Waals surface area contributed by atoms with Crippen LogP contribution in [0.1, 0.15) is 116 Å². The number of ether oxygens (including phenoxy) is 3. The number of nitrogens with zero attached hydrogens (tertiary/aromatic N) is 1. The van der Waals surface area contributed by atoms with Gasteiger partial charge in [0.15, 0.2) is 6.29 Å². The van der Waals surface area contributed by atoms with E-state index in [2.05, 4.69) is 43.1 Å². The summed E-state index contributed by atoms with van der Waals surface area (Å²) in [7, 11) is 0. The molecule has 1 aromatic heterocycles. The van der Waals surface area contributed by atoms with Crippen LogP contribution in [0.3, 0.4) is 0 Å². The van der Waals surface area contributed by atoms with E-state index in [0.29, 0.717) is 5.92 Å². The van der Waals surface area contributed by atoms with Crippen molar-refractivity contribution in [3.8, 4) is 17.0 Å². The number of pyridine rings is 1. The van der Waals surface area contributed by atoms with Crippen molar-refractivity contribution in [3.05, 3.63) is 48.2 Å². The summed E-state index contributed by atoms with van der Waals surface area (Å²) >= 11 is 0. The SMILES string of the molecule is CCCCCCCCCCC1COC(c2ccc(-c3ccc(OCCCCCCC)cc3)nc2)OC1. The lowest BCUT2D eigenvalue weighted by Gasteiger charge is -2.29. The maximum Gasteiger partial charge on any atom is 0.185 e. The van der Waals surface area contributed by atoms with Crippen LogP contribution in [0.25, 0.3) is 11.3 Å². The van der Waals surface area contributed by atoms with E-state index in [-0.39, 0.29) is 6.29 Å². The van der Waals surface area contributed by atoms with Crippen LogP contribution in [0.2, 0.25) is 0 Å². The van der Waals surface area contributed by atoms with E-state index in [0.717, 1.165) is 48.8 Å². The van der Waals surface area contributed by atoms with Gasteiger partial charge in [0.05, 0.1) is 25.5 Å². The zero-order chi connectivity index (χ0) is 25.3. The molecule has 0 atom stereocenters. The fourth-order valence-electron chi connectivity index (χ4n) is 4.80. The molecule has 200 valence electrons. The molecule has 0 bridgehead atoms. The van der Waals surface area contributed by atoms with E-state index in [4.69, 9.17) is 14.2 Å². The summed E-state index contributed by atoms with van der Waals surface area (Å²) in [6, 6.07) is 12.4. The first-order valence-corrected chi connectivity index (χ1v) is 14.7. The molecule has 0 spiro atoms. The molecule has 2 aromatic rings. The molecule has 1 fully saturated rings. The molecule has 0 amide bonds. The third-order valence-electron chi connectivity index (χ3n) is 7.16. The Labute approximate surface area is 220 Å². The quantitative estimate of drug-likeness (QED) is 0.193. The molecule has 36 heavy (non-hydrogen) atoms. The largest absolute Gasteiger partial charge is 0.494 e. The lowest BCUT2D eigenvalue weighted by atomic mass is 10.0. The first-order valence-electron chi connectivity index (χ1n) is 14.7. The molecule has 1 aliphatic rings. The van der Waals surface area contributed by atoms with Gasteiger partial charge in [0.25, 0.3) is 0 Å². The van der Waals surface area contributed by atoms with Gasteiger partial charge in [0.2, 0.25) is 0 Å². The number of benzene rings is 1. The van der Waals surface area contributed by atoms with Crippen LogP contribution in [-0.4, -0.2) is 24.8 Å². The lowest BCUT2D eigenvalue weighted by Crippen LogP contribution is -2.27. The van der Waals surface area contributed by atoms with E-state index in [1.165, 1.54) is 83.5 Å². The molecule has 0 saturated carbocycles. The van der Waals surface area contributed by atoms with Crippen molar-refractivity contribution in [2.24, 2.45) is 5.92 Å². The number of unbranched alkanes of at least 4 members (excludes halogenated alkanes) is 11. The predicted molar refractivity (Wildman–Crippen MR) is 149 cm³/mol. The van der Waals surface area contributed by atoms with Crippen LogP contribution in [0.15, 0.2) is 42.6 Å². The van der Waals surface area contributed by atoms with Crippen molar-refractivity contribution >= 4 is 0 Å². The maximum absolute atomic E-state index is 6.05. The van der Waals surface area contributed by atoms with Crippen molar-refractivity contribution in [1.29, 1.82) is 0 Å². The van der Waals surface area contributed by atoms with Crippen LogP contribution in [0.5, 0.6) is 5.75 Å². The Hall–Kier alpha value is -1.91. The Kier molecular flexibility index (Phi) is 14.0. The van der Waals surface area contributed by atoms with Crippen molar-refractivity contribution in [1.82, 2.24) is 4.98 Å². The number of rotatable bonds is 18. The Morgan fingerprint density at radius 1 is 0.722 bits per heavy atom. The third-order valence-corrected chi connectivity index (χ3v) is 7.16. The highest BCUT2D eigenvalue weighted by Crippen LogP contribution is 2.29. The summed E-state index contributed by atoms with van der Waals surface area (Å²) in [5, 5.41) is 0. The fourth-order valence-corrected chi connectivity index (χ4v) is 4.80. The van der Waals surface area contributed by atoms with Gasteiger partial charge in [-0.2, -0.15) is 0 Å². The third kappa shape index (κ3) is 10.6. The van der Waals surface area contributed by atoms with Crippen LogP contribution in [0.4, 0.5) is 0 Å². The topological polar surface area (TPSA) is 40.6 Å². The summed E-state index contributed by atoms with van der Waals surface area (Å²) in [5.74, 6) is 1.45. The van der Waals surface area contributed by atoms with Crippen LogP contribution in [0, 0.1) is 5.92 Å². The van der Waals surface area contributed by atoms with Crippen molar-refractivity contribution in [2.45, 2.75) is 110 Å². The molecule has 4 nitrogen and oxygen atoms in total. The summed E-state index contributed by atoms with van der Waals surface area (Å²) in [4.78, 5) is 4.67. The zero-order valence-corrected chi connectivity index (χ0v) is 22.9. The molecule has 4 heteroatoms. The summed E-state index contributed by atoms with van der Waals surface area (Å²) in [6.45, 7) is 6.87. The highest BCUT2D eigenvalue weighted by atomic mass is 16.7. The number of aromatic nitrogens is 1.